The predicted octanol–water partition coefficient (Wildman–Crippen LogP) is 3.68. The van der Waals surface area contributed by atoms with Crippen LogP contribution in [0, 0.1) is 11.8 Å². The molecule has 1 aliphatic heterocycles. The zero-order valence-electron chi connectivity index (χ0n) is 6.25. The molecular formula is C9H9BrS. The summed E-state index contributed by atoms with van der Waals surface area (Å²) in [5.41, 5.74) is 0. The van der Waals surface area contributed by atoms with E-state index >= 15 is 0 Å². The molecule has 2 unspecified atom stereocenters. The molecular weight excluding hydrogens is 220 g/mol. The van der Waals surface area contributed by atoms with Crippen molar-refractivity contribution in [1.82, 2.24) is 0 Å². The van der Waals surface area contributed by atoms with Gasteiger partial charge in [-0.3, -0.25) is 0 Å². The Bertz CT molecular complexity index is 263. The molecule has 0 nitrogen and oxygen atoms in total. The summed E-state index contributed by atoms with van der Waals surface area (Å²) < 4.78 is 1.34. The van der Waals surface area contributed by atoms with Crippen molar-refractivity contribution >= 4 is 27.7 Å². The summed E-state index contributed by atoms with van der Waals surface area (Å²) in [6.07, 6.45) is 6.62. The van der Waals surface area contributed by atoms with Crippen LogP contribution in [-0.4, -0.2) is 0 Å². The lowest BCUT2D eigenvalue weighted by Gasteiger charge is -2.20. The van der Waals surface area contributed by atoms with Crippen molar-refractivity contribution in [3.63, 3.8) is 0 Å². The second-order valence-electron chi connectivity index (χ2n) is 2.91. The highest BCUT2D eigenvalue weighted by Gasteiger charge is 2.28. The number of hydrogen-bond acceptors (Lipinski definition) is 1. The Morgan fingerprint density at radius 1 is 1.55 bits per heavy atom. The topological polar surface area (TPSA) is 0 Å². The van der Waals surface area contributed by atoms with Gasteiger partial charge in [0.15, 0.2) is 0 Å². The van der Waals surface area contributed by atoms with Crippen LogP contribution in [0.15, 0.2) is 33.0 Å². The van der Waals surface area contributed by atoms with Gasteiger partial charge in [-0.1, -0.05) is 41.1 Å². The number of rotatable bonds is 0. The molecule has 0 aromatic carbocycles. The van der Waals surface area contributed by atoms with Crippen molar-refractivity contribution in [2.75, 3.05) is 0 Å². The van der Waals surface area contributed by atoms with Gasteiger partial charge in [0, 0.05) is 10.4 Å². The molecule has 0 aromatic rings. The van der Waals surface area contributed by atoms with Gasteiger partial charge < -0.3 is 0 Å². The van der Waals surface area contributed by atoms with Crippen LogP contribution in [-0.2, 0) is 0 Å². The van der Waals surface area contributed by atoms with Crippen LogP contribution in [0.5, 0.6) is 0 Å². The number of allylic oxidation sites excluding steroid dienone is 5. The summed E-state index contributed by atoms with van der Waals surface area (Å²) in [5, 5.41) is 2.19. The van der Waals surface area contributed by atoms with E-state index in [0.717, 1.165) is 0 Å². The Kier molecular flexibility index (Phi) is 1.98. The quantitative estimate of drug-likeness (QED) is 0.610. The van der Waals surface area contributed by atoms with Gasteiger partial charge in [-0.05, 0) is 16.2 Å². The number of halogens is 1. The second-order valence-corrected chi connectivity index (χ2v) is 4.77. The largest absolute Gasteiger partial charge is 0.101 e. The summed E-state index contributed by atoms with van der Waals surface area (Å²) in [5.74, 6) is 1.26. The molecule has 0 saturated carbocycles. The fourth-order valence-electron chi connectivity index (χ4n) is 1.50. The fraction of sp³-hybridized carbons (Fsp3) is 0.333. The van der Waals surface area contributed by atoms with E-state index < -0.39 is 0 Å². The third kappa shape index (κ3) is 1.23. The summed E-state index contributed by atoms with van der Waals surface area (Å²) in [4.78, 5) is 1.48. The molecule has 0 amide bonds. The van der Waals surface area contributed by atoms with Gasteiger partial charge in [0.1, 0.15) is 0 Å². The summed E-state index contributed by atoms with van der Waals surface area (Å²) in [6.45, 7) is 2.26. The monoisotopic (exact) mass is 228 g/mol. The van der Waals surface area contributed by atoms with Crippen molar-refractivity contribution in [2.45, 2.75) is 6.92 Å². The smallest absolute Gasteiger partial charge is 0.0284 e. The van der Waals surface area contributed by atoms with Crippen molar-refractivity contribution in [3.8, 4) is 0 Å². The molecule has 2 atom stereocenters. The standard InChI is InChI=1S/C9H9BrS/c1-6-3-2-4-8-9(6)7(10)5-11-8/h2-6,9H,1H3. The van der Waals surface area contributed by atoms with Crippen molar-refractivity contribution in [3.05, 3.63) is 33.0 Å². The summed E-state index contributed by atoms with van der Waals surface area (Å²) >= 11 is 5.43. The van der Waals surface area contributed by atoms with Crippen LogP contribution in [0.2, 0.25) is 0 Å². The van der Waals surface area contributed by atoms with Gasteiger partial charge in [0.05, 0.1) is 0 Å². The number of hydrogen-bond donors (Lipinski definition) is 0. The first-order valence-electron chi connectivity index (χ1n) is 3.69. The van der Waals surface area contributed by atoms with Crippen LogP contribution in [0.1, 0.15) is 6.92 Å². The number of fused-ring (bicyclic) bond motifs is 1. The lowest BCUT2D eigenvalue weighted by Crippen LogP contribution is -2.10. The third-order valence-corrected chi connectivity index (χ3v) is 4.17. The van der Waals surface area contributed by atoms with Gasteiger partial charge in [-0.25, -0.2) is 0 Å². The Labute approximate surface area is 79.6 Å². The molecule has 0 aromatic heterocycles. The van der Waals surface area contributed by atoms with E-state index in [0.29, 0.717) is 11.8 Å². The van der Waals surface area contributed by atoms with E-state index in [9.17, 15) is 0 Å². The van der Waals surface area contributed by atoms with E-state index in [1.807, 2.05) is 11.8 Å². The Hall–Kier alpha value is 0.0500. The van der Waals surface area contributed by atoms with Gasteiger partial charge in [-0.15, -0.1) is 11.8 Å². The second kappa shape index (κ2) is 2.83. The lowest BCUT2D eigenvalue weighted by atomic mass is 9.90. The molecule has 0 bridgehead atoms. The highest BCUT2D eigenvalue weighted by Crippen LogP contribution is 2.47. The van der Waals surface area contributed by atoms with Gasteiger partial charge in [0.25, 0.3) is 0 Å². The predicted molar refractivity (Wildman–Crippen MR) is 54.5 cm³/mol. The summed E-state index contributed by atoms with van der Waals surface area (Å²) in [7, 11) is 0. The SMILES string of the molecule is CC1C=CC=C2SC=C(Br)C21. The highest BCUT2D eigenvalue weighted by atomic mass is 79.9. The van der Waals surface area contributed by atoms with E-state index in [1.54, 1.807) is 0 Å². The van der Waals surface area contributed by atoms with Crippen LogP contribution >= 0.6 is 27.7 Å². The Morgan fingerprint density at radius 2 is 2.36 bits per heavy atom. The Balaban J connectivity index is 2.34. The molecule has 1 aliphatic carbocycles. The first-order chi connectivity index (χ1) is 5.29. The maximum atomic E-state index is 3.59. The van der Waals surface area contributed by atoms with E-state index in [-0.39, 0.29) is 0 Å². The van der Waals surface area contributed by atoms with Gasteiger partial charge in [0.2, 0.25) is 0 Å². The average molecular weight is 229 g/mol. The zero-order chi connectivity index (χ0) is 7.84. The average Bonchev–Trinajstić information content (AvgIpc) is 2.34. The van der Waals surface area contributed by atoms with Crippen LogP contribution in [0.25, 0.3) is 0 Å². The van der Waals surface area contributed by atoms with Crippen molar-refractivity contribution in [1.29, 1.82) is 0 Å². The first kappa shape index (κ1) is 7.69. The molecule has 58 valence electrons. The molecule has 11 heavy (non-hydrogen) atoms. The maximum absolute atomic E-state index is 3.59. The van der Waals surface area contributed by atoms with Crippen LogP contribution < -0.4 is 0 Å². The van der Waals surface area contributed by atoms with Crippen LogP contribution in [0.3, 0.4) is 0 Å². The minimum atomic E-state index is 0.616. The third-order valence-electron chi connectivity index (χ3n) is 2.11. The molecule has 0 saturated heterocycles. The van der Waals surface area contributed by atoms with Crippen LogP contribution in [0.4, 0.5) is 0 Å². The normalized spacial score (nSPS) is 34.7. The minimum Gasteiger partial charge on any atom is -0.101 e. The molecule has 0 fully saturated rings. The molecule has 2 aliphatic rings. The van der Waals surface area contributed by atoms with Gasteiger partial charge >= 0.3 is 0 Å². The fourth-order valence-corrected chi connectivity index (χ4v) is 3.63. The lowest BCUT2D eigenvalue weighted by molar-refractivity contribution is 0.597. The Morgan fingerprint density at radius 3 is 3.09 bits per heavy atom. The van der Waals surface area contributed by atoms with E-state index in [1.165, 1.54) is 9.39 Å². The molecule has 0 spiro atoms. The minimum absolute atomic E-state index is 0.616. The number of thioether (sulfide) groups is 1. The molecule has 2 heteroatoms. The molecule has 0 radical (unpaired) electrons. The first-order valence-corrected chi connectivity index (χ1v) is 5.37. The molecule has 1 heterocycles. The zero-order valence-corrected chi connectivity index (χ0v) is 8.65. The summed E-state index contributed by atoms with van der Waals surface area (Å²) in [6, 6.07) is 0. The highest BCUT2D eigenvalue weighted by molar-refractivity contribution is 9.11. The van der Waals surface area contributed by atoms with E-state index in [4.69, 9.17) is 0 Å². The van der Waals surface area contributed by atoms with E-state index in [2.05, 4.69) is 46.5 Å². The van der Waals surface area contributed by atoms with Crippen molar-refractivity contribution < 1.29 is 0 Å². The maximum Gasteiger partial charge on any atom is 0.0284 e. The molecule has 2 rings (SSSR count). The van der Waals surface area contributed by atoms with Crippen molar-refractivity contribution in [2.24, 2.45) is 11.8 Å². The van der Waals surface area contributed by atoms with Gasteiger partial charge in [-0.2, -0.15) is 0 Å². The molecule has 0 N–H and O–H groups in total.